The van der Waals surface area contributed by atoms with E-state index in [1.54, 1.807) is 11.0 Å². The molecule has 2 N–H and O–H groups in total. The number of nitrogens with zero attached hydrogens (tertiary/aromatic N) is 2. The molecule has 2 fully saturated rings. The minimum Gasteiger partial charge on any atom is -0.368 e. The number of benzene rings is 2. The molecule has 2 heterocycles. The van der Waals surface area contributed by atoms with Gasteiger partial charge < -0.3 is 20.3 Å². The first-order valence-corrected chi connectivity index (χ1v) is 13.3. The third-order valence-electron chi connectivity index (χ3n) is 7.02. The van der Waals surface area contributed by atoms with Gasteiger partial charge in [0.1, 0.15) is 6.10 Å². The van der Waals surface area contributed by atoms with Gasteiger partial charge in [-0.2, -0.15) is 13.2 Å². The molecule has 2 aromatic carbocycles. The summed E-state index contributed by atoms with van der Waals surface area (Å²) in [6.45, 7) is 3.04. The summed E-state index contributed by atoms with van der Waals surface area (Å²) in [5.74, 6) is -3.92. The van der Waals surface area contributed by atoms with Gasteiger partial charge in [-0.05, 0) is 44.0 Å². The van der Waals surface area contributed by atoms with E-state index in [2.05, 4.69) is 10.6 Å². The zero-order valence-corrected chi connectivity index (χ0v) is 22.5. The van der Waals surface area contributed by atoms with Crippen LogP contribution < -0.4 is 15.5 Å². The monoisotopic (exact) mass is 588 g/mol. The summed E-state index contributed by atoms with van der Waals surface area (Å²) in [5.41, 5.74) is 0.151. The molecule has 2 aliphatic heterocycles. The third kappa shape index (κ3) is 7.41. The molecule has 0 saturated carbocycles. The minimum atomic E-state index is -4.24. The van der Waals surface area contributed by atoms with Gasteiger partial charge in [0.15, 0.2) is 11.6 Å². The number of halogens is 6. The number of ether oxygens (including phenoxy) is 1. The Morgan fingerprint density at radius 2 is 1.90 bits per heavy atom. The molecule has 218 valence electrons. The molecule has 2 aromatic rings. The molecular formula is C27H30ClF5N4O3. The SMILES string of the molecule is C[C@@H]1CN(CCC(F)(F)F)CCN1c1cc(Cl)ccc1NC(=O)c1ccc(CNC(=O)C2CCCO2)c(F)c1F. The first kappa shape index (κ1) is 30.0. The fourth-order valence-corrected chi connectivity index (χ4v) is 5.06. The summed E-state index contributed by atoms with van der Waals surface area (Å²) >= 11 is 6.20. The van der Waals surface area contributed by atoms with Crippen molar-refractivity contribution in [3.8, 4) is 0 Å². The largest absolute Gasteiger partial charge is 0.390 e. The number of anilines is 2. The molecule has 2 saturated heterocycles. The van der Waals surface area contributed by atoms with Crippen LogP contribution in [0.3, 0.4) is 0 Å². The van der Waals surface area contributed by atoms with E-state index >= 15 is 0 Å². The van der Waals surface area contributed by atoms with Crippen molar-refractivity contribution in [1.29, 1.82) is 0 Å². The average molecular weight is 589 g/mol. The first-order valence-electron chi connectivity index (χ1n) is 13.0. The van der Waals surface area contributed by atoms with Crippen molar-refractivity contribution in [3.63, 3.8) is 0 Å². The van der Waals surface area contributed by atoms with Gasteiger partial charge >= 0.3 is 6.18 Å². The van der Waals surface area contributed by atoms with Gasteiger partial charge in [-0.25, -0.2) is 8.78 Å². The number of carbonyl (C=O) groups excluding carboxylic acids is 2. The summed E-state index contributed by atoms with van der Waals surface area (Å²) in [4.78, 5) is 28.7. The van der Waals surface area contributed by atoms with Gasteiger partial charge in [0, 0.05) is 56.0 Å². The number of piperazine rings is 1. The maximum absolute atomic E-state index is 14.9. The fraction of sp³-hybridized carbons (Fsp3) is 0.481. The van der Waals surface area contributed by atoms with Gasteiger partial charge in [-0.15, -0.1) is 0 Å². The van der Waals surface area contributed by atoms with Gasteiger partial charge in [0.2, 0.25) is 5.91 Å². The number of hydrogen-bond donors (Lipinski definition) is 2. The van der Waals surface area contributed by atoms with Crippen molar-refractivity contribution in [2.75, 3.05) is 43.0 Å². The van der Waals surface area contributed by atoms with Crippen molar-refractivity contribution < 1.29 is 36.3 Å². The molecule has 0 aromatic heterocycles. The van der Waals surface area contributed by atoms with Crippen molar-refractivity contribution >= 4 is 34.8 Å². The van der Waals surface area contributed by atoms with Crippen LogP contribution in [-0.4, -0.2) is 67.8 Å². The highest BCUT2D eigenvalue weighted by Crippen LogP contribution is 2.33. The molecular weight excluding hydrogens is 559 g/mol. The Morgan fingerprint density at radius 3 is 2.58 bits per heavy atom. The normalized spacial score (nSPS) is 20.0. The van der Waals surface area contributed by atoms with E-state index in [0.29, 0.717) is 43.4 Å². The fourth-order valence-electron chi connectivity index (χ4n) is 4.90. The predicted molar refractivity (Wildman–Crippen MR) is 141 cm³/mol. The number of carbonyl (C=O) groups is 2. The van der Waals surface area contributed by atoms with Crippen LogP contribution in [0.1, 0.15) is 42.1 Å². The van der Waals surface area contributed by atoms with Gasteiger partial charge in [-0.1, -0.05) is 17.7 Å². The van der Waals surface area contributed by atoms with E-state index in [0.717, 1.165) is 12.5 Å². The zero-order valence-electron chi connectivity index (χ0n) is 21.8. The molecule has 1 unspecified atom stereocenters. The van der Waals surface area contributed by atoms with Crippen LogP contribution in [0.15, 0.2) is 30.3 Å². The number of alkyl halides is 3. The molecule has 2 aliphatic rings. The Labute approximate surface area is 233 Å². The summed E-state index contributed by atoms with van der Waals surface area (Å²) in [5, 5.41) is 5.50. The Hall–Kier alpha value is -2.96. The number of amides is 2. The first-order chi connectivity index (χ1) is 18.9. The molecule has 2 atom stereocenters. The van der Waals surface area contributed by atoms with E-state index in [4.69, 9.17) is 16.3 Å². The summed E-state index contributed by atoms with van der Waals surface area (Å²) < 4.78 is 72.9. The third-order valence-corrected chi connectivity index (χ3v) is 7.26. The highest BCUT2D eigenvalue weighted by molar-refractivity contribution is 6.31. The number of hydrogen-bond acceptors (Lipinski definition) is 5. The predicted octanol–water partition coefficient (Wildman–Crippen LogP) is 5.13. The van der Waals surface area contributed by atoms with E-state index in [-0.39, 0.29) is 30.4 Å². The van der Waals surface area contributed by atoms with Gasteiger partial charge in [-0.3, -0.25) is 14.5 Å². The van der Waals surface area contributed by atoms with Crippen LogP contribution in [0.25, 0.3) is 0 Å². The maximum atomic E-state index is 14.9. The standard InChI is InChI=1S/C27H30ClF5N4O3/c1-16-15-36(9-8-27(31,32)33)10-11-37(16)21-13-18(28)5-7-20(21)35-25(38)19-6-4-17(23(29)24(19)30)14-34-26(39)22-3-2-12-40-22/h4-7,13,16,22H,2-3,8-12,14-15H2,1H3,(H,34,39)(H,35,38)/t16-,22?/m1/s1. The second kappa shape index (κ2) is 12.7. The van der Waals surface area contributed by atoms with Crippen molar-refractivity contribution in [2.45, 2.75) is 51.1 Å². The molecule has 4 rings (SSSR count). The molecule has 0 aliphatic carbocycles. The number of rotatable bonds is 8. The summed E-state index contributed by atoms with van der Waals surface area (Å²) in [6.07, 6.45) is -4.45. The summed E-state index contributed by atoms with van der Waals surface area (Å²) in [6, 6.07) is 6.82. The lowest BCUT2D eigenvalue weighted by molar-refractivity contribution is -0.138. The van der Waals surface area contributed by atoms with Crippen LogP contribution in [0.5, 0.6) is 0 Å². The van der Waals surface area contributed by atoms with Crippen molar-refractivity contribution in [2.24, 2.45) is 0 Å². The van der Waals surface area contributed by atoms with Crippen LogP contribution in [0.2, 0.25) is 5.02 Å². The highest BCUT2D eigenvalue weighted by atomic mass is 35.5. The average Bonchev–Trinajstić information content (AvgIpc) is 3.44. The van der Waals surface area contributed by atoms with Crippen LogP contribution in [-0.2, 0) is 16.1 Å². The second-order valence-corrected chi connectivity index (χ2v) is 10.4. The Balaban J connectivity index is 1.44. The lowest BCUT2D eigenvalue weighted by Gasteiger charge is -2.42. The van der Waals surface area contributed by atoms with Gasteiger partial charge in [0.05, 0.1) is 23.4 Å². The molecule has 2 amide bonds. The number of nitrogens with one attached hydrogen (secondary N) is 2. The van der Waals surface area contributed by atoms with E-state index < -0.39 is 47.7 Å². The van der Waals surface area contributed by atoms with Crippen LogP contribution in [0.4, 0.5) is 33.3 Å². The molecule has 40 heavy (non-hydrogen) atoms. The smallest absolute Gasteiger partial charge is 0.368 e. The van der Waals surface area contributed by atoms with E-state index in [1.807, 2.05) is 11.8 Å². The molecule has 0 spiro atoms. The lowest BCUT2D eigenvalue weighted by atomic mass is 10.1. The highest BCUT2D eigenvalue weighted by Gasteiger charge is 2.31. The maximum Gasteiger partial charge on any atom is 0.390 e. The molecule has 7 nitrogen and oxygen atoms in total. The van der Waals surface area contributed by atoms with E-state index in [1.165, 1.54) is 18.2 Å². The second-order valence-electron chi connectivity index (χ2n) is 9.94. The molecule has 13 heteroatoms. The summed E-state index contributed by atoms with van der Waals surface area (Å²) in [7, 11) is 0. The Morgan fingerprint density at radius 1 is 1.12 bits per heavy atom. The zero-order chi connectivity index (χ0) is 29.0. The minimum absolute atomic E-state index is 0.111. The molecule has 0 radical (unpaired) electrons. The Bertz CT molecular complexity index is 1240. The Kier molecular flexibility index (Phi) is 9.52. The quantitative estimate of drug-likeness (QED) is 0.419. The van der Waals surface area contributed by atoms with Gasteiger partial charge in [0.25, 0.3) is 5.91 Å². The van der Waals surface area contributed by atoms with Crippen molar-refractivity contribution in [1.82, 2.24) is 10.2 Å². The van der Waals surface area contributed by atoms with Crippen LogP contribution in [0, 0.1) is 11.6 Å². The lowest BCUT2D eigenvalue weighted by Crippen LogP contribution is -2.52. The van der Waals surface area contributed by atoms with E-state index in [9.17, 15) is 31.5 Å². The van der Waals surface area contributed by atoms with Crippen LogP contribution >= 0.6 is 11.6 Å². The van der Waals surface area contributed by atoms with Crippen molar-refractivity contribution in [3.05, 3.63) is 58.1 Å². The topological polar surface area (TPSA) is 73.9 Å². The molecule has 0 bridgehead atoms.